The van der Waals surface area contributed by atoms with Crippen LogP contribution >= 0.6 is 11.6 Å². The van der Waals surface area contributed by atoms with E-state index in [1.807, 2.05) is 30.3 Å². The van der Waals surface area contributed by atoms with E-state index in [-0.39, 0.29) is 29.9 Å². The minimum absolute atomic E-state index is 0.0543. The summed E-state index contributed by atoms with van der Waals surface area (Å²) in [5.41, 5.74) is -0.204. The molecule has 30 heavy (non-hydrogen) atoms. The Kier molecular flexibility index (Phi) is 5.45. The lowest BCUT2D eigenvalue weighted by Gasteiger charge is -2.23. The van der Waals surface area contributed by atoms with Crippen LogP contribution in [0.25, 0.3) is 11.0 Å². The van der Waals surface area contributed by atoms with E-state index in [1.165, 1.54) is 0 Å². The van der Waals surface area contributed by atoms with Gasteiger partial charge in [0, 0.05) is 12.6 Å². The molecule has 3 heterocycles. The van der Waals surface area contributed by atoms with Gasteiger partial charge in [-0.2, -0.15) is 9.97 Å². The number of hydrogen-bond acceptors (Lipinski definition) is 6. The Morgan fingerprint density at radius 1 is 1.37 bits per heavy atom. The fraction of sp³-hybridized carbons (Fsp3) is 0.286. The molecular weight excluding hydrogens is 408 g/mol. The standard InChI is InChI=1S/C21H19ClN4O4/c1-2-21(12-27)15(28)11-17(30-21)26-9-8-14-18(24-20(22)25-19(14)26)23-16(29)10-13-6-4-3-5-7-13/h1,3-9,15,17,27-28H,10-12H2,(H,23,24,25,29)/t15-,17+,21+/m0/s1. The first-order chi connectivity index (χ1) is 14.5. The third-order valence-corrected chi connectivity index (χ3v) is 5.28. The summed E-state index contributed by atoms with van der Waals surface area (Å²) >= 11 is 6.09. The number of aliphatic hydroxyl groups is 2. The Bertz CT molecular complexity index is 1130. The predicted molar refractivity (Wildman–Crippen MR) is 111 cm³/mol. The number of ether oxygens (including phenoxy) is 1. The van der Waals surface area contributed by atoms with Crippen LogP contribution in [0.15, 0.2) is 42.6 Å². The molecule has 0 spiro atoms. The molecule has 2 aromatic heterocycles. The maximum absolute atomic E-state index is 12.5. The molecule has 1 aromatic carbocycles. The zero-order valence-electron chi connectivity index (χ0n) is 15.8. The predicted octanol–water partition coefficient (Wildman–Crippen LogP) is 1.91. The van der Waals surface area contributed by atoms with Crippen molar-refractivity contribution in [3.63, 3.8) is 0 Å². The van der Waals surface area contributed by atoms with Crippen molar-refractivity contribution in [2.24, 2.45) is 0 Å². The Balaban J connectivity index is 1.62. The SMILES string of the molecule is C#C[C@]1(CO)O[C@@H](n2ccc3c(NC(=O)Cc4ccccc4)nc(Cl)nc32)C[C@@H]1O. The largest absolute Gasteiger partial charge is 0.392 e. The Morgan fingerprint density at radius 2 is 2.13 bits per heavy atom. The lowest BCUT2D eigenvalue weighted by atomic mass is 9.99. The molecule has 4 rings (SSSR count). The molecule has 0 unspecified atom stereocenters. The maximum Gasteiger partial charge on any atom is 0.229 e. The lowest BCUT2D eigenvalue weighted by molar-refractivity contribution is -0.115. The van der Waals surface area contributed by atoms with Crippen LogP contribution in [0, 0.1) is 12.3 Å². The van der Waals surface area contributed by atoms with Gasteiger partial charge in [0.2, 0.25) is 11.2 Å². The Labute approximate surface area is 177 Å². The van der Waals surface area contributed by atoms with E-state index in [4.69, 9.17) is 22.8 Å². The molecule has 8 nitrogen and oxygen atoms in total. The number of anilines is 1. The quantitative estimate of drug-likeness (QED) is 0.424. The van der Waals surface area contributed by atoms with Crippen molar-refractivity contribution in [1.29, 1.82) is 0 Å². The molecule has 1 saturated heterocycles. The Hall–Kier alpha value is -2.96. The molecule has 0 radical (unpaired) electrons. The molecule has 1 amide bonds. The number of benzene rings is 1. The number of aromatic nitrogens is 3. The van der Waals surface area contributed by atoms with Crippen LogP contribution in [0.5, 0.6) is 0 Å². The summed E-state index contributed by atoms with van der Waals surface area (Å²) in [6, 6.07) is 11.0. The van der Waals surface area contributed by atoms with Crippen molar-refractivity contribution in [2.75, 3.05) is 11.9 Å². The average Bonchev–Trinajstić information content (AvgIpc) is 3.29. The fourth-order valence-corrected chi connectivity index (χ4v) is 3.70. The molecule has 3 atom stereocenters. The molecular formula is C21H19ClN4O4. The van der Waals surface area contributed by atoms with Crippen LogP contribution in [-0.2, 0) is 16.0 Å². The zero-order chi connectivity index (χ0) is 21.3. The van der Waals surface area contributed by atoms with Crippen LogP contribution in [0.1, 0.15) is 18.2 Å². The van der Waals surface area contributed by atoms with Crippen LogP contribution in [0.2, 0.25) is 5.28 Å². The number of carbonyl (C=O) groups is 1. The highest BCUT2D eigenvalue weighted by Gasteiger charge is 2.47. The van der Waals surface area contributed by atoms with Gasteiger partial charge in [-0.1, -0.05) is 36.3 Å². The van der Waals surface area contributed by atoms with Gasteiger partial charge >= 0.3 is 0 Å². The van der Waals surface area contributed by atoms with Gasteiger partial charge in [0.05, 0.1) is 18.4 Å². The number of amides is 1. The monoisotopic (exact) mass is 426 g/mol. The second kappa shape index (κ2) is 8.05. The lowest BCUT2D eigenvalue weighted by Crippen LogP contribution is -2.41. The first-order valence-corrected chi connectivity index (χ1v) is 9.66. The van der Waals surface area contributed by atoms with E-state index in [9.17, 15) is 15.0 Å². The van der Waals surface area contributed by atoms with E-state index < -0.39 is 24.5 Å². The number of halogens is 1. The summed E-state index contributed by atoms with van der Waals surface area (Å²) in [5, 5.41) is 23.2. The highest BCUT2D eigenvalue weighted by Crippen LogP contribution is 2.38. The number of aliphatic hydroxyl groups excluding tert-OH is 2. The molecule has 1 fully saturated rings. The molecule has 0 bridgehead atoms. The van der Waals surface area contributed by atoms with Crippen molar-refractivity contribution in [2.45, 2.75) is 30.8 Å². The molecule has 9 heteroatoms. The molecule has 0 saturated carbocycles. The van der Waals surface area contributed by atoms with Gasteiger partial charge < -0.3 is 24.8 Å². The number of carbonyl (C=O) groups excluding carboxylic acids is 1. The highest BCUT2D eigenvalue weighted by atomic mass is 35.5. The first-order valence-electron chi connectivity index (χ1n) is 9.28. The topological polar surface area (TPSA) is 110 Å². The molecule has 1 aliphatic heterocycles. The normalized spacial score (nSPS) is 23.4. The number of terminal acetylenes is 1. The minimum Gasteiger partial charge on any atom is -0.392 e. The molecule has 154 valence electrons. The third-order valence-electron chi connectivity index (χ3n) is 5.11. The van der Waals surface area contributed by atoms with Crippen molar-refractivity contribution in [3.8, 4) is 12.3 Å². The van der Waals surface area contributed by atoms with Gasteiger partial charge in [-0.3, -0.25) is 4.79 Å². The first kappa shape index (κ1) is 20.3. The van der Waals surface area contributed by atoms with Crippen molar-refractivity contribution in [3.05, 3.63) is 53.4 Å². The average molecular weight is 427 g/mol. The summed E-state index contributed by atoms with van der Waals surface area (Å²) in [7, 11) is 0. The second-order valence-electron chi connectivity index (χ2n) is 7.03. The van der Waals surface area contributed by atoms with Crippen LogP contribution < -0.4 is 5.32 Å². The van der Waals surface area contributed by atoms with E-state index in [1.54, 1.807) is 16.8 Å². The van der Waals surface area contributed by atoms with Gasteiger partial charge in [-0.15, -0.1) is 6.42 Å². The molecule has 1 aliphatic rings. The van der Waals surface area contributed by atoms with E-state index in [2.05, 4.69) is 21.2 Å². The van der Waals surface area contributed by atoms with Gasteiger partial charge in [0.1, 0.15) is 23.8 Å². The fourth-order valence-electron chi connectivity index (χ4n) is 3.53. The minimum atomic E-state index is -1.48. The van der Waals surface area contributed by atoms with E-state index in [0.29, 0.717) is 11.0 Å². The zero-order valence-corrected chi connectivity index (χ0v) is 16.6. The van der Waals surface area contributed by atoms with E-state index in [0.717, 1.165) is 5.56 Å². The second-order valence-corrected chi connectivity index (χ2v) is 7.37. The van der Waals surface area contributed by atoms with E-state index >= 15 is 0 Å². The Morgan fingerprint density at radius 3 is 2.80 bits per heavy atom. The molecule has 0 aliphatic carbocycles. The van der Waals surface area contributed by atoms with Gasteiger partial charge in [-0.05, 0) is 23.2 Å². The van der Waals surface area contributed by atoms with Crippen molar-refractivity contribution < 1.29 is 19.7 Å². The number of fused-ring (bicyclic) bond motifs is 1. The van der Waals surface area contributed by atoms with Gasteiger partial charge in [-0.25, -0.2) is 0 Å². The summed E-state index contributed by atoms with van der Waals surface area (Å²) in [5.74, 6) is 2.36. The molecule has 3 N–H and O–H groups in total. The van der Waals surface area contributed by atoms with Gasteiger partial charge in [0.15, 0.2) is 5.60 Å². The summed E-state index contributed by atoms with van der Waals surface area (Å²) < 4.78 is 7.43. The summed E-state index contributed by atoms with van der Waals surface area (Å²) in [4.78, 5) is 20.9. The number of nitrogens with one attached hydrogen (secondary N) is 1. The maximum atomic E-state index is 12.5. The highest BCUT2D eigenvalue weighted by molar-refractivity contribution is 6.28. The molecule has 3 aromatic rings. The summed E-state index contributed by atoms with van der Waals surface area (Å²) in [6.45, 7) is -0.517. The van der Waals surface area contributed by atoms with Crippen LogP contribution in [-0.4, -0.2) is 49.0 Å². The third kappa shape index (κ3) is 3.64. The smallest absolute Gasteiger partial charge is 0.229 e. The van der Waals surface area contributed by atoms with Crippen molar-refractivity contribution in [1.82, 2.24) is 14.5 Å². The van der Waals surface area contributed by atoms with Crippen LogP contribution in [0.4, 0.5) is 5.82 Å². The number of rotatable bonds is 5. The van der Waals surface area contributed by atoms with Gasteiger partial charge in [0.25, 0.3) is 0 Å². The summed E-state index contributed by atoms with van der Waals surface area (Å²) in [6.07, 6.45) is 5.78. The number of nitrogens with zero attached hydrogens (tertiary/aromatic N) is 3. The van der Waals surface area contributed by atoms with Crippen LogP contribution in [0.3, 0.4) is 0 Å². The number of hydrogen-bond donors (Lipinski definition) is 3. The van der Waals surface area contributed by atoms with Crippen molar-refractivity contribution >= 4 is 34.4 Å².